The maximum atomic E-state index is 12.8. The van der Waals surface area contributed by atoms with Gasteiger partial charge in [0, 0.05) is 18.7 Å². The van der Waals surface area contributed by atoms with Crippen molar-refractivity contribution in [2.75, 3.05) is 13.1 Å². The van der Waals surface area contributed by atoms with Crippen molar-refractivity contribution in [3.8, 4) is 12.3 Å². The zero-order valence-corrected chi connectivity index (χ0v) is 18.9. The van der Waals surface area contributed by atoms with Crippen LogP contribution in [0.25, 0.3) is 10.2 Å². The van der Waals surface area contributed by atoms with E-state index in [4.69, 9.17) is 6.42 Å². The Hall–Kier alpha value is -2.73. The Labute approximate surface area is 185 Å². The number of benzene rings is 2. The van der Waals surface area contributed by atoms with Crippen LogP contribution in [0.3, 0.4) is 0 Å². The number of aryl methyl sites for hydroxylation is 1. The molecule has 8 heteroatoms. The van der Waals surface area contributed by atoms with Crippen molar-refractivity contribution in [1.82, 2.24) is 8.87 Å². The second-order valence-electron chi connectivity index (χ2n) is 7.55. The van der Waals surface area contributed by atoms with E-state index in [2.05, 4.69) is 10.9 Å². The Morgan fingerprint density at radius 3 is 2.52 bits per heavy atom. The first kappa shape index (κ1) is 21.5. The van der Waals surface area contributed by atoms with Crippen LogP contribution in [0.1, 0.15) is 35.2 Å². The summed E-state index contributed by atoms with van der Waals surface area (Å²) in [5, 5.41) is 0. The highest BCUT2D eigenvalue weighted by atomic mass is 32.2. The maximum Gasteiger partial charge on any atom is 0.279 e. The molecule has 1 aliphatic heterocycles. The summed E-state index contributed by atoms with van der Waals surface area (Å²) < 4.78 is 30.0. The SMILES string of the molecule is C#CCn1c(=NC(=O)c2ccc(S(=O)(=O)N3CCCCC3)cc2)sc2cc(C)ccc21. The first-order valence-electron chi connectivity index (χ1n) is 10.1. The normalized spacial score (nSPS) is 15.8. The minimum atomic E-state index is -3.53. The minimum Gasteiger partial charge on any atom is -0.305 e. The van der Waals surface area contributed by atoms with Gasteiger partial charge in [-0.05, 0) is 61.7 Å². The maximum absolute atomic E-state index is 12.8. The molecule has 0 unspecified atom stereocenters. The van der Waals surface area contributed by atoms with E-state index in [0.717, 1.165) is 35.0 Å². The smallest absolute Gasteiger partial charge is 0.279 e. The number of nitrogens with zero attached hydrogens (tertiary/aromatic N) is 3. The standard InChI is InChI=1S/C23H23N3O3S2/c1-3-13-26-20-12-7-17(2)16-21(20)30-23(26)24-22(27)18-8-10-19(11-9-18)31(28,29)25-14-5-4-6-15-25/h1,7-12,16H,4-6,13-15H2,2H3. The van der Waals surface area contributed by atoms with E-state index < -0.39 is 15.9 Å². The van der Waals surface area contributed by atoms with E-state index in [1.165, 1.54) is 39.9 Å². The van der Waals surface area contributed by atoms with Crippen LogP contribution in [0.4, 0.5) is 0 Å². The molecule has 0 saturated carbocycles. The highest BCUT2D eigenvalue weighted by Crippen LogP contribution is 2.22. The van der Waals surface area contributed by atoms with Gasteiger partial charge in [0.05, 0.1) is 21.7 Å². The number of carbonyl (C=O) groups is 1. The van der Waals surface area contributed by atoms with Crippen molar-refractivity contribution < 1.29 is 13.2 Å². The number of fused-ring (bicyclic) bond motifs is 1. The van der Waals surface area contributed by atoms with Gasteiger partial charge in [0.1, 0.15) is 0 Å². The van der Waals surface area contributed by atoms with Crippen molar-refractivity contribution in [1.29, 1.82) is 0 Å². The number of carbonyl (C=O) groups excluding carboxylic acids is 1. The average Bonchev–Trinajstić information content (AvgIpc) is 3.10. The molecule has 3 aromatic rings. The lowest BCUT2D eigenvalue weighted by Gasteiger charge is -2.25. The molecule has 160 valence electrons. The molecule has 2 aromatic carbocycles. The molecule has 4 rings (SSSR count). The van der Waals surface area contributed by atoms with Crippen LogP contribution >= 0.6 is 11.3 Å². The molecule has 6 nitrogen and oxygen atoms in total. The molecule has 0 spiro atoms. The highest BCUT2D eigenvalue weighted by molar-refractivity contribution is 7.89. The molecule has 0 aliphatic carbocycles. The number of terminal acetylenes is 1. The van der Waals surface area contributed by atoms with Gasteiger partial charge in [-0.15, -0.1) is 6.42 Å². The Kier molecular flexibility index (Phi) is 6.10. The van der Waals surface area contributed by atoms with Crippen LogP contribution in [-0.4, -0.2) is 36.3 Å². The first-order valence-corrected chi connectivity index (χ1v) is 12.4. The molecule has 1 aromatic heterocycles. The monoisotopic (exact) mass is 453 g/mol. The van der Waals surface area contributed by atoms with Crippen LogP contribution in [0.15, 0.2) is 52.4 Å². The summed E-state index contributed by atoms with van der Waals surface area (Å²) >= 11 is 1.40. The Morgan fingerprint density at radius 2 is 1.84 bits per heavy atom. The fraction of sp³-hybridized carbons (Fsp3) is 0.304. The van der Waals surface area contributed by atoms with E-state index in [1.807, 2.05) is 29.7 Å². The number of piperidine rings is 1. The van der Waals surface area contributed by atoms with Gasteiger partial charge in [-0.2, -0.15) is 9.30 Å². The van der Waals surface area contributed by atoms with Gasteiger partial charge < -0.3 is 4.57 Å². The third kappa shape index (κ3) is 4.35. The third-order valence-electron chi connectivity index (χ3n) is 5.34. The molecular formula is C23H23N3O3S2. The van der Waals surface area contributed by atoms with Gasteiger partial charge in [0.25, 0.3) is 5.91 Å². The zero-order valence-electron chi connectivity index (χ0n) is 17.2. The van der Waals surface area contributed by atoms with Crippen molar-refractivity contribution >= 4 is 37.5 Å². The first-order chi connectivity index (χ1) is 14.9. The molecule has 1 fully saturated rings. The minimum absolute atomic E-state index is 0.200. The van der Waals surface area contributed by atoms with Gasteiger partial charge >= 0.3 is 0 Å². The topological polar surface area (TPSA) is 71.7 Å². The number of aromatic nitrogens is 1. The molecular weight excluding hydrogens is 430 g/mol. The summed E-state index contributed by atoms with van der Waals surface area (Å²) in [6.45, 7) is 3.40. The predicted octanol–water partition coefficient (Wildman–Crippen LogP) is 3.56. The third-order valence-corrected chi connectivity index (χ3v) is 8.29. The van der Waals surface area contributed by atoms with E-state index in [-0.39, 0.29) is 4.90 Å². The van der Waals surface area contributed by atoms with Crippen molar-refractivity contribution in [3.05, 3.63) is 58.4 Å². The quantitative estimate of drug-likeness (QED) is 0.567. The number of hydrogen-bond donors (Lipinski definition) is 0. The molecule has 2 heterocycles. The van der Waals surface area contributed by atoms with Crippen molar-refractivity contribution in [2.45, 2.75) is 37.6 Å². The fourth-order valence-corrected chi connectivity index (χ4v) is 6.33. The molecule has 0 radical (unpaired) electrons. The number of sulfonamides is 1. The van der Waals surface area contributed by atoms with Gasteiger partial charge in [0.2, 0.25) is 10.0 Å². The molecule has 1 amide bonds. The van der Waals surface area contributed by atoms with Gasteiger partial charge in [-0.25, -0.2) is 8.42 Å². The van der Waals surface area contributed by atoms with Crippen LogP contribution < -0.4 is 4.80 Å². The van der Waals surface area contributed by atoms with E-state index in [1.54, 1.807) is 0 Å². The number of rotatable bonds is 4. The number of hydrogen-bond acceptors (Lipinski definition) is 4. The van der Waals surface area contributed by atoms with Crippen LogP contribution in [0, 0.1) is 19.3 Å². The average molecular weight is 454 g/mol. The summed E-state index contributed by atoms with van der Waals surface area (Å²) in [5.74, 6) is 2.18. The summed E-state index contributed by atoms with van der Waals surface area (Å²) in [7, 11) is -3.53. The van der Waals surface area contributed by atoms with Gasteiger partial charge in [-0.3, -0.25) is 4.79 Å². The largest absolute Gasteiger partial charge is 0.305 e. The lowest BCUT2D eigenvalue weighted by atomic mass is 10.2. The lowest BCUT2D eigenvalue weighted by molar-refractivity contribution is 0.0998. The lowest BCUT2D eigenvalue weighted by Crippen LogP contribution is -2.35. The Morgan fingerprint density at radius 1 is 1.13 bits per heavy atom. The molecule has 0 atom stereocenters. The molecule has 0 bridgehead atoms. The number of amides is 1. The van der Waals surface area contributed by atoms with Crippen LogP contribution in [0.2, 0.25) is 0 Å². The summed E-state index contributed by atoms with van der Waals surface area (Å²) in [6, 6.07) is 12.0. The molecule has 1 saturated heterocycles. The van der Waals surface area contributed by atoms with Crippen LogP contribution in [0.5, 0.6) is 0 Å². The second kappa shape index (κ2) is 8.79. The van der Waals surface area contributed by atoms with Gasteiger partial charge in [-0.1, -0.05) is 29.7 Å². The van der Waals surface area contributed by atoms with Crippen LogP contribution in [-0.2, 0) is 16.6 Å². The predicted molar refractivity (Wildman–Crippen MR) is 122 cm³/mol. The summed E-state index contributed by atoms with van der Waals surface area (Å²) in [4.78, 5) is 17.8. The van der Waals surface area contributed by atoms with Gasteiger partial charge in [0.15, 0.2) is 4.80 Å². The Balaban J connectivity index is 1.66. The summed E-state index contributed by atoms with van der Waals surface area (Å²) in [6.07, 6.45) is 8.32. The van der Waals surface area contributed by atoms with Crippen molar-refractivity contribution in [2.24, 2.45) is 4.99 Å². The fourth-order valence-electron chi connectivity index (χ4n) is 3.69. The van der Waals surface area contributed by atoms with E-state index in [9.17, 15) is 13.2 Å². The molecule has 31 heavy (non-hydrogen) atoms. The van der Waals surface area contributed by atoms with Crippen molar-refractivity contribution in [3.63, 3.8) is 0 Å². The second-order valence-corrected chi connectivity index (χ2v) is 10.5. The number of thiazole rings is 1. The Bertz CT molecular complexity index is 1340. The molecule has 0 N–H and O–H groups in total. The van der Waals surface area contributed by atoms with E-state index >= 15 is 0 Å². The van der Waals surface area contributed by atoms with E-state index in [0.29, 0.717) is 30.0 Å². The highest BCUT2D eigenvalue weighted by Gasteiger charge is 2.25. The zero-order chi connectivity index (χ0) is 22.0. The molecule has 1 aliphatic rings. The summed E-state index contributed by atoms with van der Waals surface area (Å²) in [5.41, 5.74) is 2.38.